The third-order valence-electron chi connectivity index (χ3n) is 2.89. The molecule has 1 fully saturated rings. The molecular formula is C10H14N8. The van der Waals surface area contributed by atoms with Crippen molar-refractivity contribution in [1.29, 1.82) is 0 Å². The molecule has 2 aromatic rings. The van der Waals surface area contributed by atoms with Gasteiger partial charge in [0.05, 0.1) is 0 Å². The first-order valence-corrected chi connectivity index (χ1v) is 5.94. The summed E-state index contributed by atoms with van der Waals surface area (Å²) in [6.45, 7) is 1.92. The highest BCUT2D eigenvalue weighted by atomic mass is 15.4. The summed E-state index contributed by atoms with van der Waals surface area (Å²) in [6, 6.07) is 0. The maximum absolute atomic E-state index is 5.72. The van der Waals surface area contributed by atoms with Gasteiger partial charge in [0.1, 0.15) is 12.7 Å². The molecule has 2 N–H and O–H groups in total. The van der Waals surface area contributed by atoms with Gasteiger partial charge in [-0.25, -0.2) is 4.98 Å². The molecule has 0 aromatic carbocycles. The second-order valence-corrected chi connectivity index (χ2v) is 4.18. The van der Waals surface area contributed by atoms with Crippen LogP contribution in [-0.2, 0) is 0 Å². The normalized spacial score (nSPS) is 15.9. The number of hydrogen-bond donors (Lipinski definition) is 1. The standard InChI is InChI=1S/C10H14N8/c11-8-14-9(17-4-2-1-3-5-17)16-10(15-8)18-7-12-6-13-18/h6-7H,1-5H2,(H2,11,14,15,16). The highest BCUT2D eigenvalue weighted by Crippen LogP contribution is 2.16. The third kappa shape index (κ3) is 2.08. The monoisotopic (exact) mass is 246 g/mol. The fourth-order valence-electron chi connectivity index (χ4n) is 2.02. The molecular weight excluding hydrogens is 232 g/mol. The van der Waals surface area contributed by atoms with Crippen molar-refractivity contribution >= 4 is 11.9 Å². The van der Waals surface area contributed by atoms with Gasteiger partial charge in [-0.1, -0.05) is 0 Å². The molecule has 0 spiro atoms. The minimum absolute atomic E-state index is 0.205. The summed E-state index contributed by atoms with van der Waals surface area (Å²) in [5.41, 5.74) is 5.72. The van der Waals surface area contributed by atoms with Crippen molar-refractivity contribution in [3.63, 3.8) is 0 Å². The predicted octanol–water partition coefficient (Wildman–Crippen LogP) is 0.0248. The van der Waals surface area contributed by atoms with Gasteiger partial charge in [-0.2, -0.15) is 24.7 Å². The lowest BCUT2D eigenvalue weighted by Gasteiger charge is -2.26. The van der Waals surface area contributed by atoms with Gasteiger partial charge < -0.3 is 10.6 Å². The van der Waals surface area contributed by atoms with E-state index in [0.717, 1.165) is 25.9 Å². The van der Waals surface area contributed by atoms with Crippen LogP contribution in [-0.4, -0.2) is 42.8 Å². The van der Waals surface area contributed by atoms with E-state index in [-0.39, 0.29) is 5.95 Å². The van der Waals surface area contributed by atoms with Crippen LogP contribution in [0.15, 0.2) is 12.7 Å². The Hall–Kier alpha value is -2.25. The molecule has 18 heavy (non-hydrogen) atoms. The fourth-order valence-corrected chi connectivity index (χ4v) is 2.02. The van der Waals surface area contributed by atoms with Crippen LogP contribution < -0.4 is 10.6 Å². The van der Waals surface area contributed by atoms with Crippen molar-refractivity contribution in [3.8, 4) is 5.95 Å². The SMILES string of the molecule is Nc1nc(N2CCCCC2)nc(-n2cncn2)n1. The van der Waals surface area contributed by atoms with E-state index < -0.39 is 0 Å². The lowest BCUT2D eigenvalue weighted by atomic mass is 10.1. The summed E-state index contributed by atoms with van der Waals surface area (Å²) in [5, 5.41) is 3.99. The summed E-state index contributed by atoms with van der Waals surface area (Å²) in [4.78, 5) is 18.6. The number of piperidine rings is 1. The van der Waals surface area contributed by atoms with Crippen LogP contribution in [0.4, 0.5) is 11.9 Å². The summed E-state index contributed by atoms with van der Waals surface area (Å²) < 4.78 is 1.48. The molecule has 8 heteroatoms. The highest BCUT2D eigenvalue weighted by Gasteiger charge is 2.16. The zero-order chi connectivity index (χ0) is 12.4. The smallest absolute Gasteiger partial charge is 0.258 e. The number of nitrogens with two attached hydrogens (primary N) is 1. The van der Waals surface area contributed by atoms with E-state index in [1.54, 1.807) is 0 Å². The largest absolute Gasteiger partial charge is 0.368 e. The highest BCUT2D eigenvalue weighted by molar-refractivity contribution is 5.37. The molecule has 0 bridgehead atoms. The van der Waals surface area contributed by atoms with E-state index in [9.17, 15) is 0 Å². The van der Waals surface area contributed by atoms with Crippen LogP contribution in [0.25, 0.3) is 5.95 Å². The Morgan fingerprint density at radius 1 is 1.00 bits per heavy atom. The number of nitrogen functional groups attached to an aromatic ring is 1. The summed E-state index contributed by atoms with van der Waals surface area (Å²) >= 11 is 0. The molecule has 2 aromatic heterocycles. The Morgan fingerprint density at radius 2 is 1.78 bits per heavy atom. The number of anilines is 2. The molecule has 3 rings (SSSR count). The molecule has 0 saturated carbocycles. The maximum Gasteiger partial charge on any atom is 0.258 e. The topological polar surface area (TPSA) is 98.6 Å². The molecule has 0 amide bonds. The Kier molecular flexibility index (Phi) is 2.75. The lowest BCUT2D eigenvalue weighted by molar-refractivity contribution is 0.566. The number of nitrogens with zero attached hydrogens (tertiary/aromatic N) is 7. The van der Waals surface area contributed by atoms with Crippen molar-refractivity contribution < 1.29 is 0 Å². The van der Waals surface area contributed by atoms with E-state index in [1.807, 2.05) is 0 Å². The van der Waals surface area contributed by atoms with Crippen LogP contribution >= 0.6 is 0 Å². The minimum Gasteiger partial charge on any atom is -0.368 e. The fraction of sp³-hybridized carbons (Fsp3) is 0.500. The number of rotatable bonds is 2. The van der Waals surface area contributed by atoms with Gasteiger partial charge in [0.2, 0.25) is 11.9 Å². The van der Waals surface area contributed by atoms with E-state index >= 15 is 0 Å². The molecule has 0 aliphatic carbocycles. The Labute approximate surface area is 104 Å². The lowest BCUT2D eigenvalue weighted by Crippen LogP contribution is -2.31. The maximum atomic E-state index is 5.72. The molecule has 1 saturated heterocycles. The quantitative estimate of drug-likeness (QED) is 0.797. The van der Waals surface area contributed by atoms with Crippen LogP contribution in [0.5, 0.6) is 0 Å². The van der Waals surface area contributed by atoms with E-state index in [2.05, 4.69) is 29.9 Å². The van der Waals surface area contributed by atoms with Gasteiger partial charge in [-0.15, -0.1) is 0 Å². The molecule has 3 heterocycles. The van der Waals surface area contributed by atoms with Gasteiger partial charge in [0.15, 0.2) is 0 Å². The molecule has 0 unspecified atom stereocenters. The van der Waals surface area contributed by atoms with Crippen molar-refractivity contribution in [2.75, 3.05) is 23.7 Å². The van der Waals surface area contributed by atoms with E-state index in [1.165, 1.54) is 23.8 Å². The predicted molar refractivity (Wildman–Crippen MR) is 65.2 cm³/mol. The molecule has 0 radical (unpaired) electrons. The van der Waals surface area contributed by atoms with Gasteiger partial charge in [0.25, 0.3) is 5.95 Å². The van der Waals surface area contributed by atoms with Crippen molar-refractivity contribution in [3.05, 3.63) is 12.7 Å². The van der Waals surface area contributed by atoms with Crippen LogP contribution in [0.2, 0.25) is 0 Å². The van der Waals surface area contributed by atoms with E-state index in [4.69, 9.17) is 5.73 Å². The first-order valence-electron chi connectivity index (χ1n) is 5.94. The first kappa shape index (κ1) is 10.9. The van der Waals surface area contributed by atoms with Crippen LogP contribution in [0, 0.1) is 0 Å². The van der Waals surface area contributed by atoms with Crippen molar-refractivity contribution in [2.45, 2.75) is 19.3 Å². The minimum atomic E-state index is 0.205. The number of hydrogen-bond acceptors (Lipinski definition) is 7. The second kappa shape index (κ2) is 4.55. The van der Waals surface area contributed by atoms with Gasteiger partial charge in [-0.05, 0) is 19.3 Å². The summed E-state index contributed by atoms with van der Waals surface area (Å²) in [6.07, 6.45) is 6.54. The van der Waals surface area contributed by atoms with E-state index in [0.29, 0.717) is 11.9 Å². The first-order chi connectivity index (χ1) is 8.83. The summed E-state index contributed by atoms with van der Waals surface area (Å²) in [5.74, 6) is 1.23. The van der Waals surface area contributed by atoms with Gasteiger partial charge in [-0.3, -0.25) is 0 Å². The molecule has 8 nitrogen and oxygen atoms in total. The summed E-state index contributed by atoms with van der Waals surface area (Å²) in [7, 11) is 0. The second-order valence-electron chi connectivity index (χ2n) is 4.18. The Balaban J connectivity index is 1.95. The zero-order valence-electron chi connectivity index (χ0n) is 9.90. The molecule has 1 aliphatic heterocycles. The average molecular weight is 246 g/mol. The Morgan fingerprint density at radius 3 is 2.50 bits per heavy atom. The molecule has 1 aliphatic rings. The molecule has 94 valence electrons. The van der Waals surface area contributed by atoms with Crippen molar-refractivity contribution in [2.24, 2.45) is 0 Å². The van der Waals surface area contributed by atoms with Gasteiger partial charge in [0, 0.05) is 13.1 Å². The molecule has 0 atom stereocenters. The van der Waals surface area contributed by atoms with Crippen molar-refractivity contribution in [1.82, 2.24) is 29.7 Å². The Bertz CT molecular complexity index is 517. The number of aromatic nitrogens is 6. The average Bonchev–Trinajstić information content (AvgIpc) is 2.93. The third-order valence-corrected chi connectivity index (χ3v) is 2.89. The van der Waals surface area contributed by atoms with Crippen LogP contribution in [0.1, 0.15) is 19.3 Å². The van der Waals surface area contributed by atoms with Crippen LogP contribution in [0.3, 0.4) is 0 Å². The zero-order valence-corrected chi connectivity index (χ0v) is 9.90. The van der Waals surface area contributed by atoms with Gasteiger partial charge >= 0.3 is 0 Å².